The number of nitrogen functional groups attached to an aromatic ring is 1. The number of halogens is 3. The predicted molar refractivity (Wildman–Crippen MR) is 89.5 cm³/mol. The molecule has 106 valence electrons. The molecule has 0 fully saturated rings. The Morgan fingerprint density at radius 1 is 1.14 bits per heavy atom. The van der Waals surface area contributed by atoms with Gasteiger partial charge < -0.3 is 10.3 Å². The predicted octanol–water partition coefficient (Wildman–Crippen LogP) is 4.99. The minimum atomic E-state index is -0.541. The molecule has 3 nitrogen and oxygen atoms in total. The number of nitrogens with two attached hydrogens (primary N) is 1. The highest BCUT2D eigenvalue weighted by Gasteiger charge is 2.21. The average molecular weight is 415 g/mol. The molecule has 3 rings (SSSR count). The van der Waals surface area contributed by atoms with Gasteiger partial charge in [0.15, 0.2) is 11.6 Å². The number of rotatable bonds is 2. The zero-order valence-corrected chi connectivity index (χ0v) is 13.5. The first-order valence-corrected chi connectivity index (χ1v) is 7.49. The highest BCUT2D eigenvalue weighted by molar-refractivity contribution is 14.1. The number of hydrogen-bond donors (Lipinski definition) is 1. The van der Waals surface area contributed by atoms with E-state index in [9.17, 15) is 4.39 Å². The molecule has 3 aromatic rings. The third-order valence-electron chi connectivity index (χ3n) is 3.05. The van der Waals surface area contributed by atoms with E-state index in [1.54, 1.807) is 12.1 Å². The van der Waals surface area contributed by atoms with E-state index >= 15 is 0 Å². The summed E-state index contributed by atoms with van der Waals surface area (Å²) in [5.74, 6) is 0.00983. The van der Waals surface area contributed by atoms with E-state index < -0.39 is 5.82 Å². The van der Waals surface area contributed by atoms with Crippen LogP contribution in [-0.2, 0) is 0 Å². The van der Waals surface area contributed by atoms with E-state index in [0.29, 0.717) is 11.3 Å². The van der Waals surface area contributed by atoms with Crippen molar-refractivity contribution in [1.82, 2.24) is 5.16 Å². The molecule has 0 saturated carbocycles. The molecule has 0 bridgehead atoms. The molecule has 0 unspecified atom stereocenters. The summed E-state index contributed by atoms with van der Waals surface area (Å²) < 4.78 is 20.6. The standard InChI is InChI=1S/C15H9ClFIN2O/c16-11-3-1-2-10(13(11)17)12-14(21-20-15(12)19)8-4-6-9(18)7-5-8/h1-7H,(H2,19,20). The number of nitrogens with zero attached hydrogens (tertiary/aromatic N) is 1. The van der Waals surface area contributed by atoms with Gasteiger partial charge in [-0.2, -0.15) is 0 Å². The van der Waals surface area contributed by atoms with Crippen molar-refractivity contribution in [3.8, 4) is 22.5 Å². The van der Waals surface area contributed by atoms with Crippen LogP contribution in [0.3, 0.4) is 0 Å². The van der Waals surface area contributed by atoms with Crippen molar-refractivity contribution in [1.29, 1.82) is 0 Å². The van der Waals surface area contributed by atoms with E-state index in [4.69, 9.17) is 21.9 Å². The minimum Gasteiger partial charge on any atom is -0.380 e. The molecule has 0 aliphatic rings. The van der Waals surface area contributed by atoms with E-state index in [2.05, 4.69) is 27.7 Å². The molecular formula is C15H9ClFIN2O. The summed E-state index contributed by atoms with van der Waals surface area (Å²) >= 11 is 8.04. The van der Waals surface area contributed by atoms with Crippen molar-refractivity contribution in [2.75, 3.05) is 5.73 Å². The Morgan fingerprint density at radius 2 is 1.86 bits per heavy atom. The second-order valence-electron chi connectivity index (χ2n) is 4.38. The molecule has 0 saturated heterocycles. The maximum absolute atomic E-state index is 14.2. The summed E-state index contributed by atoms with van der Waals surface area (Å²) in [7, 11) is 0. The van der Waals surface area contributed by atoms with Crippen LogP contribution in [0.5, 0.6) is 0 Å². The topological polar surface area (TPSA) is 52.0 Å². The van der Waals surface area contributed by atoms with Crippen molar-refractivity contribution < 1.29 is 8.91 Å². The Bertz CT molecular complexity index is 802. The molecule has 21 heavy (non-hydrogen) atoms. The third kappa shape index (κ3) is 2.63. The lowest BCUT2D eigenvalue weighted by Gasteiger charge is -2.05. The summed E-state index contributed by atoms with van der Waals surface area (Å²) in [6.07, 6.45) is 0. The highest BCUT2D eigenvalue weighted by atomic mass is 127. The van der Waals surface area contributed by atoms with Gasteiger partial charge in [-0.05, 0) is 40.8 Å². The van der Waals surface area contributed by atoms with Crippen LogP contribution in [-0.4, -0.2) is 5.16 Å². The lowest BCUT2D eigenvalue weighted by molar-refractivity contribution is 0.436. The number of anilines is 1. The van der Waals surface area contributed by atoms with E-state index in [1.165, 1.54) is 6.07 Å². The zero-order chi connectivity index (χ0) is 15.0. The van der Waals surface area contributed by atoms with E-state index in [-0.39, 0.29) is 16.4 Å². The molecule has 0 amide bonds. The fraction of sp³-hybridized carbons (Fsp3) is 0. The van der Waals surface area contributed by atoms with Gasteiger partial charge >= 0.3 is 0 Å². The van der Waals surface area contributed by atoms with Gasteiger partial charge in [0.1, 0.15) is 5.82 Å². The summed E-state index contributed by atoms with van der Waals surface area (Å²) in [5, 5.41) is 3.78. The Hall–Kier alpha value is -1.60. The fourth-order valence-electron chi connectivity index (χ4n) is 2.06. The molecule has 2 aromatic carbocycles. The second-order valence-corrected chi connectivity index (χ2v) is 6.03. The van der Waals surface area contributed by atoms with Gasteiger partial charge in [-0.15, -0.1) is 0 Å². The molecule has 1 aromatic heterocycles. The molecule has 0 radical (unpaired) electrons. The Morgan fingerprint density at radius 3 is 2.57 bits per heavy atom. The van der Waals surface area contributed by atoms with Crippen LogP contribution in [0.2, 0.25) is 5.02 Å². The van der Waals surface area contributed by atoms with Crippen LogP contribution in [0.25, 0.3) is 22.5 Å². The van der Waals surface area contributed by atoms with Gasteiger partial charge in [-0.25, -0.2) is 4.39 Å². The van der Waals surface area contributed by atoms with Gasteiger partial charge in [0.05, 0.1) is 10.6 Å². The minimum absolute atomic E-state index is 0.0293. The zero-order valence-electron chi connectivity index (χ0n) is 10.6. The van der Waals surface area contributed by atoms with E-state index in [0.717, 1.165) is 9.13 Å². The fourth-order valence-corrected chi connectivity index (χ4v) is 2.59. The van der Waals surface area contributed by atoms with Crippen molar-refractivity contribution >= 4 is 40.0 Å². The first kappa shape index (κ1) is 14.3. The van der Waals surface area contributed by atoms with Crippen LogP contribution in [0.4, 0.5) is 10.2 Å². The molecule has 0 spiro atoms. The summed E-state index contributed by atoms with van der Waals surface area (Å²) in [5.41, 5.74) is 7.30. The summed E-state index contributed by atoms with van der Waals surface area (Å²) in [4.78, 5) is 0. The van der Waals surface area contributed by atoms with Crippen molar-refractivity contribution in [2.24, 2.45) is 0 Å². The Balaban J connectivity index is 2.22. The van der Waals surface area contributed by atoms with E-state index in [1.807, 2.05) is 24.3 Å². The maximum Gasteiger partial charge on any atom is 0.177 e. The molecule has 0 atom stereocenters. The lowest BCUT2D eigenvalue weighted by Crippen LogP contribution is -1.92. The highest BCUT2D eigenvalue weighted by Crippen LogP contribution is 2.39. The lowest BCUT2D eigenvalue weighted by atomic mass is 10.0. The second kappa shape index (κ2) is 5.65. The number of benzene rings is 2. The molecule has 6 heteroatoms. The molecule has 1 heterocycles. The normalized spacial score (nSPS) is 10.8. The molecular weight excluding hydrogens is 406 g/mol. The SMILES string of the molecule is Nc1noc(-c2ccc(I)cc2)c1-c1cccc(Cl)c1F. The largest absolute Gasteiger partial charge is 0.380 e. The Labute approximate surface area is 139 Å². The first-order chi connectivity index (χ1) is 10.1. The third-order valence-corrected chi connectivity index (χ3v) is 4.06. The van der Waals surface area contributed by atoms with Gasteiger partial charge in [0.25, 0.3) is 0 Å². The van der Waals surface area contributed by atoms with Crippen molar-refractivity contribution in [3.05, 3.63) is 56.9 Å². The van der Waals surface area contributed by atoms with Crippen LogP contribution in [0.15, 0.2) is 47.0 Å². The quantitative estimate of drug-likeness (QED) is 0.601. The summed E-state index contributed by atoms with van der Waals surface area (Å²) in [6, 6.07) is 12.3. The number of aromatic nitrogens is 1. The summed E-state index contributed by atoms with van der Waals surface area (Å²) in [6.45, 7) is 0. The van der Waals surface area contributed by atoms with Crippen LogP contribution < -0.4 is 5.73 Å². The molecule has 2 N–H and O–H groups in total. The van der Waals surface area contributed by atoms with Gasteiger partial charge in [-0.1, -0.05) is 41.0 Å². The van der Waals surface area contributed by atoms with Gasteiger partial charge in [0.2, 0.25) is 0 Å². The van der Waals surface area contributed by atoms with Crippen LogP contribution in [0, 0.1) is 9.39 Å². The Kier molecular flexibility index (Phi) is 3.86. The average Bonchev–Trinajstić information content (AvgIpc) is 2.85. The smallest absolute Gasteiger partial charge is 0.177 e. The monoisotopic (exact) mass is 414 g/mol. The van der Waals surface area contributed by atoms with Crippen LogP contribution in [0.1, 0.15) is 0 Å². The number of hydrogen-bond acceptors (Lipinski definition) is 3. The first-order valence-electron chi connectivity index (χ1n) is 6.03. The van der Waals surface area contributed by atoms with Crippen molar-refractivity contribution in [3.63, 3.8) is 0 Å². The van der Waals surface area contributed by atoms with Crippen LogP contribution >= 0.6 is 34.2 Å². The molecule has 0 aliphatic carbocycles. The molecule has 0 aliphatic heterocycles. The van der Waals surface area contributed by atoms with Gasteiger partial charge in [0, 0.05) is 14.7 Å². The van der Waals surface area contributed by atoms with Gasteiger partial charge in [-0.3, -0.25) is 0 Å². The van der Waals surface area contributed by atoms with Crippen molar-refractivity contribution in [2.45, 2.75) is 0 Å². The maximum atomic E-state index is 14.2.